The number of rotatable bonds is 5. The lowest BCUT2D eigenvalue weighted by Crippen LogP contribution is -2.39. The molecular formula is C10H23NO8S2. The molecule has 0 aliphatic carbocycles. The van der Waals surface area contributed by atoms with Crippen molar-refractivity contribution in [3.63, 3.8) is 0 Å². The van der Waals surface area contributed by atoms with Crippen molar-refractivity contribution in [2.24, 2.45) is 0 Å². The minimum Gasteiger partial charge on any atom is -0.726 e. The normalized spacial score (nSPS) is 25.2. The molecule has 1 N–H and O–H groups in total. The summed E-state index contributed by atoms with van der Waals surface area (Å²) < 4.78 is 59.5. The molecule has 128 valence electrons. The highest BCUT2D eigenvalue weighted by molar-refractivity contribution is 7.91. The van der Waals surface area contributed by atoms with Gasteiger partial charge in [-0.1, -0.05) is 0 Å². The van der Waals surface area contributed by atoms with Gasteiger partial charge in [0.2, 0.25) is 10.4 Å². The van der Waals surface area contributed by atoms with Crippen LogP contribution in [0.4, 0.5) is 0 Å². The van der Waals surface area contributed by atoms with Crippen molar-refractivity contribution in [2.75, 3.05) is 52.9 Å². The first-order valence-electron chi connectivity index (χ1n) is 6.08. The number of aliphatic hydroxyl groups is 1. The highest BCUT2D eigenvalue weighted by Gasteiger charge is 2.37. The molecule has 1 saturated heterocycles. The minimum absolute atomic E-state index is 0.0503. The molecule has 2 atom stereocenters. The minimum atomic E-state index is -4.41. The van der Waals surface area contributed by atoms with Gasteiger partial charge in [0.25, 0.3) is 0 Å². The summed E-state index contributed by atoms with van der Waals surface area (Å²) in [5.41, 5.74) is 0. The van der Waals surface area contributed by atoms with E-state index in [1.807, 2.05) is 21.1 Å². The molecule has 0 aromatic heterocycles. The van der Waals surface area contributed by atoms with Crippen LogP contribution >= 0.6 is 0 Å². The van der Waals surface area contributed by atoms with Crippen LogP contribution in [0.25, 0.3) is 0 Å². The van der Waals surface area contributed by atoms with Crippen molar-refractivity contribution in [2.45, 2.75) is 12.2 Å². The second kappa shape index (κ2) is 7.81. The van der Waals surface area contributed by atoms with E-state index >= 15 is 0 Å². The smallest absolute Gasteiger partial charge is 0.217 e. The molecule has 11 heteroatoms. The summed E-state index contributed by atoms with van der Waals surface area (Å²) in [6.07, 6.45) is -1.40. The molecule has 0 saturated carbocycles. The molecule has 1 aliphatic heterocycles. The van der Waals surface area contributed by atoms with E-state index in [-0.39, 0.29) is 11.5 Å². The number of nitrogens with zero attached hydrogens (tertiary/aromatic N) is 1. The second-order valence-corrected chi connectivity index (χ2v) is 8.95. The topological polar surface area (TPSA) is 130 Å². The SMILES string of the molecule is COS(=O)(=O)[O-].C[N+](C)(C)CCOC1CS(=O)(=O)CC1O. The van der Waals surface area contributed by atoms with Crippen molar-refractivity contribution in [1.29, 1.82) is 0 Å². The molecule has 9 nitrogen and oxygen atoms in total. The third-order valence-corrected chi connectivity index (χ3v) is 4.66. The zero-order valence-electron chi connectivity index (χ0n) is 12.6. The standard InChI is InChI=1S/C9H20NO4S.CH4O4S/c1-10(2,3)4-5-14-9-7-15(12,13)6-8(9)11;1-5-6(2,3)4/h8-9,11H,4-7H2,1-3H3;1H3,(H,2,3,4)/q+1;/p-1. The Kier molecular flexibility index (Phi) is 7.70. The predicted molar refractivity (Wildman–Crippen MR) is 74.0 cm³/mol. The summed E-state index contributed by atoms with van der Waals surface area (Å²) in [6.45, 7) is 1.27. The van der Waals surface area contributed by atoms with Crippen molar-refractivity contribution in [1.82, 2.24) is 0 Å². The number of hydrogen-bond acceptors (Lipinski definition) is 8. The molecule has 0 bridgehead atoms. The number of hydrogen-bond donors (Lipinski definition) is 1. The summed E-state index contributed by atoms with van der Waals surface area (Å²) in [5, 5.41) is 9.44. The predicted octanol–water partition coefficient (Wildman–Crippen LogP) is -2.04. The third-order valence-electron chi connectivity index (χ3n) is 2.57. The number of likely N-dealkylation sites (N-methyl/N-ethyl adjacent to an activating group) is 1. The Morgan fingerprint density at radius 2 is 1.76 bits per heavy atom. The fourth-order valence-corrected chi connectivity index (χ4v) is 3.12. The van der Waals surface area contributed by atoms with Crippen molar-refractivity contribution in [3.05, 3.63) is 0 Å². The fraction of sp³-hybridized carbons (Fsp3) is 1.00. The van der Waals surface area contributed by atoms with Gasteiger partial charge in [-0.05, 0) is 0 Å². The zero-order valence-corrected chi connectivity index (χ0v) is 14.2. The Bertz CT molecular complexity index is 508. The molecule has 0 spiro atoms. The quantitative estimate of drug-likeness (QED) is 0.341. The lowest BCUT2D eigenvalue weighted by atomic mass is 10.3. The highest BCUT2D eigenvalue weighted by atomic mass is 32.3. The first-order valence-corrected chi connectivity index (χ1v) is 9.23. The Balaban J connectivity index is 0.000000567. The Morgan fingerprint density at radius 3 is 2.05 bits per heavy atom. The van der Waals surface area contributed by atoms with E-state index in [0.29, 0.717) is 6.61 Å². The van der Waals surface area contributed by atoms with Crippen LogP contribution in [0.1, 0.15) is 0 Å². The lowest BCUT2D eigenvalue weighted by Gasteiger charge is -2.24. The fourth-order valence-electron chi connectivity index (χ4n) is 1.43. The van der Waals surface area contributed by atoms with Gasteiger partial charge in [0.05, 0.1) is 58.6 Å². The number of sulfone groups is 1. The highest BCUT2D eigenvalue weighted by Crippen LogP contribution is 2.15. The third kappa shape index (κ3) is 11.0. The van der Waals surface area contributed by atoms with Crippen molar-refractivity contribution < 1.29 is 39.9 Å². The van der Waals surface area contributed by atoms with Crippen LogP contribution in [0, 0.1) is 0 Å². The summed E-state index contributed by atoms with van der Waals surface area (Å²) in [7, 11) is -0.596. The van der Waals surface area contributed by atoms with Crippen LogP contribution < -0.4 is 0 Å². The van der Waals surface area contributed by atoms with Gasteiger partial charge in [0, 0.05) is 0 Å². The Hall–Kier alpha value is -0.300. The maximum atomic E-state index is 11.2. The Morgan fingerprint density at radius 1 is 1.29 bits per heavy atom. The molecule has 0 amide bonds. The summed E-state index contributed by atoms with van der Waals surface area (Å²) >= 11 is 0. The van der Waals surface area contributed by atoms with Crippen LogP contribution in [0.5, 0.6) is 0 Å². The average Bonchev–Trinajstić information content (AvgIpc) is 2.50. The van der Waals surface area contributed by atoms with Gasteiger partial charge in [0.1, 0.15) is 6.54 Å². The van der Waals surface area contributed by atoms with E-state index in [1.165, 1.54) is 0 Å². The largest absolute Gasteiger partial charge is 0.726 e. The van der Waals surface area contributed by atoms with Crippen molar-refractivity contribution >= 4 is 20.2 Å². The second-order valence-electron chi connectivity index (χ2n) is 5.64. The zero-order chi connectivity index (χ0) is 16.9. The maximum absolute atomic E-state index is 11.2. The van der Waals surface area contributed by atoms with Crippen LogP contribution in [0.2, 0.25) is 0 Å². The molecule has 1 heterocycles. The first kappa shape index (κ1) is 20.7. The van der Waals surface area contributed by atoms with E-state index < -0.39 is 32.4 Å². The summed E-state index contributed by atoms with van der Waals surface area (Å²) in [6, 6.07) is 0. The van der Waals surface area contributed by atoms with Crippen LogP contribution in [0.15, 0.2) is 0 Å². The molecule has 1 fully saturated rings. The van der Waals surface area contributed by atoms with E-state index in [2.05, 4.69) is 4.18 Å². The number of aliphatic hydroxyl groups excluding tert-OH is 1. The molecule has 1 rings (SSSR count). The molecule has 0 aromatic carbocycles. The molecule has 0 radical (unpaired) electrons. The lowest BCUT2D eigenvalue weighted by molar-refractivity contribution is -0.870. The van der Waals surface area contributed by atoms with Gasteiger partial charge in [0.15, 0.2) is 9.84 Å². The first-order chi connectivity index (χ1) is 9.26. The average molecular weight is 349 g/mol. The molecule has 2 unspecified atom stereocenters. The van der Waals surface area contributed by atoms with Gasteiger partial charge in [-0.2, -0.15) is 0 Å². The van der Waals surface area contributed by atoms with E-state index in [0.717, 1.165) is 18.1 Å². The summed E-state index contributed by atoms with van der Waals surface area (Å²) in [4.78, 5) is 0. The van der Waals surface area contributed by atoms with Crippen LogP contribution in [-0.4, -0.2) is 96.1 Å². The molecule has 0 aromatic rings. The van der Waals surface area contributed by atoms with Gasteiger partial charge in [-0.25, -0.2) is 16.8 Å². The molecular weight excluding hydrogens is 326 g/mol. The van der Waals surface area contributed by atoms with Gasteiger partial charge in [-0.15, -0.1) is 0 Å². The van der Waals surface area contributed by atoms with Crippen LogP contribution in [-0.2, 0) is 29.2 Å². The number of quaternary nitrogens is 1. The summed E-state index contributed by atoms with van der Waals surface area (Å²) in [5.74, 6) is -0.215. The van der Waals surface area contributed by atoms with Gasteiger partial charge in [-0.3, -0.25) is 4.18 Å². The number of ether oxygens (including phenoxy) is 1. The van der Waals surface area contributed by atoms with E-state index in [9.17, 15) is 26.5 Å². The molecule has 1 aliphatic rings. The Labute approximate surface area is 125 Å². The molecule has 21 heavy (non-hydrogen) atoms. The van der Waals surface area contributed by atoms with Crippen LogP contribution in [0.3, 0.4) is 0 Å². The van der Waals surface area contributed by atoms with Gasteiger partial charge < -0.3 is 18.9 Å². The van der Waals surface area contributed by atoms with Crippen molar-refractivity contribution in [3.8, 4) is 0 Å². The maximum Gasteiger partial charge on any atom is 0.217 e. The van der Waals surface area contributed by atoms with Gasteiger partial charge >= 0.3 is 0 Å². The van der Waals surface area contributed by atoms with E-state index in [1.54, 1.807) is 0 Å². The van der Waals surface area contributed by atoms with E-state index in [4.69, 9.17) is 4.74 Å². The monoisotopic (exact) mass is 349 g/mol.